The number of carbonyl (C=O) groups is 1. The lowest BCUT2D eigenvalue weighted by Crippen LogP contribution is -2.00. The van der Waals surface area contributed by atoms with Crippen LogP contribution in [0.3, 0.4) is 0 Å². The van der Waals surface area contributed by atoms with E-state index >= 15 is 0 Å². The van der Waals surface area contributed by atoms with Gasteiger partial charge in [-0.15, -0.1) is 0 Å². The number of carbonyl (C=O) groups excluding carboxylic acids is 1. The fourth-order valence-corrected chi connectivity index (χ4v) is 2.70. The summed E-state index contributed by atoms with van der Waals surface area (Å²) in [6.07, 6.45) is 0. The lowest BCUT2D eigenvalue weighted by Gasteiger charge is -2.03. The molecule has 0 unspecified atom stereocenters. The van der Waals surface area contributed by atoms with Crippen molar-refractivity contribution in [3.63, 3.8) is 0 Å². The highest BCUT2D eigenvalue weighted by molar-refractivity contribution is 8.02. The molecule has 1 nitrogen and oxygen atoms in total. The molecule has 100 valence electrons. The van der Waals surface area contributed by atoms with E-state index in [2.05, 4.69) is 13.2 Å². The van der Waals surface area contributed by atoms with Crippen LogP contribution in [0.5, 0.6) is 0 Å². The molecule has 20 heavy (non-hydrogen) atoms. The van der Waals surface area contributed by atoms with Gasteiger partial charge < -0.3 is 0 Å². The van der Waals surface area contributed by atoms with Crippen molar-refractivity contribution in [2.75, 3.05) is 0 Å². The predicted octanol–water partition coefficient (Wildman–Crippen LogP) is 5.39. The Morgan fingerprint density at radius 2 is 1.10 bits per heavy atom. The molecule has 0 aromatic heterocycles. The highest BCUT2D eigenvalue weighted by Gasteiger charge is 2.08. The van der Waals surface area contributed by atoms with Gasteiger partial charge in [0.05, 0.1) is 0 Å². The minimum Gasteiger partial charge on any atom is -0.289 e. The maximum Gasteiger partial charge on any atom is 0.193 e. The van der Waals surface area contributed by atoms with E-state index in [4.69, 9.17) is 0 Å². The molecule has 2 aromatic carbocycles. The number of hydrogen-bond acceptors (Lipinski definition) is 3. The van der Waals surface area contributed by atoms with Crippen LogP contribution in [-0.4, -0.2) is 5.78 Å². The van der Waals surface area contributed by atoms with Gasteiger partial charge in [-0.1, -0.05) is 36.7 Å². The van der Waals surface area contributed by atoms with Crippen LogP contribution >= 0.6 is 23.5 Å². The van der Waals surface area contributed by atoms with Crippen molar-refractivity contribution >= 4 is 29.3 Å². The maximum absolute atomic E-state index is 12.3. The Balaban J connectivity index is 2.17. The van der Waals surface area contributed by atoms with Gasteiger partial charge in [-0.05, 0) is 59.3 Å². The van der Waals surface area contributed by atoms with Crippen molar-refractivity contribution in [2.45, 2.75) is 9.79 Å². The molecule has 0 saturated carbocycles. The monoisotopic (exact) mass is 298 g/mol. The van der Waals surface area contributed by atoms with Crippen LogP contribution in [0.25, 0.3) is 0 Å². The molecule has 0 N–H and O–H groups in total. The van der Waals surface area contributed by atoms with E-state index < -0.39 is 0 Å². The van der Waals surface area contributed by atoms with Crippen LogP contribution in [0.4, 0.5) is 0 Å². The van der Waals surface area contributed by atoms with Gasteiger partial charge in [0.2, 0.25) is 0 Å². The lowest BCUT2D eigenvalue weighted by atomic mass is 10.0. The van der Waals surface area contributed by atoms with E-state index in [1.807, 2.05) is 48.5 Å². The van der Waals surface area contributed by atoms with Gasteiger partial charge >= 0.3 is 0 Å². The SMILES string of the molecule is C=CSc1ccc(C(=O)c2ccc(SC=C)cc2)cc1. The summed E-state index contributed by atoms with van der Waals surface area (Å²) < 4.78 is 0. The third-order valence-electron chi connectivity index (χ3n) is 2.67. The van der Waals surface area contributed by atoms with E-state index in [0.717, 1.165) is 9.79 Å². The molecule has 0 aliphatic carbocycles. The van der Waals surface area contributed by atoms with Crippen molar-refractivity contribution in [3.8, 4) is 0 Å². The first-order valence-electron chi connectivity index (χ1n) is 6.04. The summed E-state index contributed by atoms with van der Waals surface area (Å²) in [7, 11) is 0. The molecule has 3 heteroatoms. The molecule has 0 aliphatic heterocycles. The molecule has 0 bridgehead atoms. The molecular weight excluding hydrogens is 284 g/mol. The largest absolute Gasteiger partial charge is 0.289 e. The van der Waals surface area contributed by atoms with Crippen molar-refractivity contribution < 1.29 is 4.79 Å². The zero-order chi connectivity index (χ0) is 14.4. The van der Waals surface area contributed by atoms with Crippen molar-refractivity contribution in [2.24, 2.45) is 0 Å². The average Bonchev–Trinajstić information content (AvgIpc) is 2.49. The number of benzene rings is 2. The van der Waals surface area contributed by atoms with Crippen LogP contribution < -0.4 is 0 Å². The summed E-state index contributed by atoms with van der Waals surface area (Å²) in [4.78, 5) is 14.5. The second-order valence-corrected chi connectivity index (χ2v) is 6.03. The third-order valence-corrected chi connectivity index (χ3v) is 4.09. The zero-order valence-electron chi connectivity index (χ0n) is 10.9. The number of thioether (sulfide) groups is 2. The lowest BCUT2D eigenvalue weighted by molar-refractivity contribution is 0.103. The van der Waals surface area contributed by atoms with Crippen molar-refractivity contribution in [3.05, 3.63) is 83.6 Å². The molecule has 0 saturated heterocycles. The fourth-order valence-electron chi connectivity index (χ4n) is 1.73. The first-order chi connectivity index (χ1) is 9.74. The van der Waals surface area contributed by atoms with Gasteiger partial charge in [-0.25, -0.2) is 0 Å². The Morgan fingerprint density at radius 1 is 0.750 bits per heavy atom. The van der Waals surface area contributed by atoms with Gasteiger partial charge in [-0.3, -0.25) is 4.79 Å². The normalized spacial score (nSPS) is 10.0. The predicted molar refractivity (Wildman–Crippen MR) is 88.4 cm³/mol. The molecule has 0 fully saturated rings. The Morgan fingerprint density at radius 3 is 1.40 bits per heavy atom. The summed E-state index contributed by atoms with van der Waals surface area (Å²) in [5, 5.41) is 3.54. The Kier molecular flexibility index (Phi) is 5.27. The zero-order valence-corrected chi connectivity index (χ0v) is 12.5. The first-order valence-corrected chi connectivity index (χ1v) is 7.80. The van der Waals surface area contributed by atoms with E-state index in [0.29, 0.717) is 11.1 Å². The summed E-state index contributed by atoms with van der Waals surface area (Å²) in [5.41, 5.74) is 1.39. The number of hydrogen-bond donors (Lipinski definition) is 0. The first kappa shape index (κ1) is 14.7. The quantitative estimate of drug-likeness (QED) is 0.526. The van der Waals surface area contributed by atoms with Gasteiger partial charge in [0.15, 0.2) is 5.78 Å². The number of ketones is 1. The third kappa shape index (κ3) is 3.65. The molecule has 0 heterocycles. The fraction of sp³-hybridized carbons (Fsp3) is 0. The van der Waals surface area contributed by atoms with Crippen LogP contribution in [0.1, 0.15) is 15.9 Å². The van der Waals surface area contributed by atoms with Gasteiger partial charge in [0, 0.05) is 20.9 Å². The van der Waals surface area contributed by atoms with E-state index in [9.17, 15) is 4.79 Å². The number of rotatable bonds is 6. The molecule has 2 aromatic rings. The van der Waals surface area contributed by atoms with E-state index in [1.165, 1.54) is 23.5 Å². The van der Waals surface area contributed by atoms with E-state index in [1.54, 1.807) is 10.8 Å². The summed E-state index contributed by atoms with van der Waals surface area (Å²) in [6.45, 7) is 7.34. The maximum atomic E-state index is 12.3. The molecule has 0 amide bonds. The van der Waals surface area contributed by atoms with Crippen molar-refractivity contribution in [1.82, 2.24) is 0 Å². The summed E-state index contributed by atoms with van der Waals surface area (Å²) >= 11 is 3.08. The molecule has 0 spiro atoms. The minimum absolute atomic E-state index is 0.0373. The van der Waals surface area contributed by atoms with E-state index in [-0.39, 0.29) is 5.78 Å². The standard InChI is InChI=1S/C17H14OS2/c1-3-19-15-9-5-13(6-10-15)17(18)14-7-11-16(12-8-14)20-4-2/h3-12H,1-2H2. The van der Waals surface area contributed by atoms with Crippen LogP contribution in [0.2, 0.25) is 0 Å². The van der Waals surface area contributed by atoms with Gasteiger partial charge in [0.1, 0.15) is 0 Å². The minimum atomic E-state index is 0.0373. The molecule has 0 atom stereocenters. The van der Waals surface area contributed by atoms with Gasteiger partial charge in [-0.2, -0.15) is 0 Å². The van der Waals surface area contributed by atoms with Gasteiger partial charge in [0.25, 0.3) is 0 Å². The topological polar surface area (TPSA) is 17.1 Å². The van der Waals surface area contributed by atoms with Crippen molar-refractivity contribution in [1.29, 1.82) is 0 Å². The summed E-state index contributed by atoms with van der Waals surface area (Å²) in [6, 6.07) is 15.1. The highest BCUT2D eigenvalue weighted by Crippen LogP contribution is 2.22. The van der Waals surface area contributed by atoms with Crippen LogP contribution in [0.15, 0.2) is 82.3 Å². The Labute approximate surface area is 127 Å². The molecule has 0 aliphatic rings. The van der Waals surface area contributed by atoms with Crippen LogP contribution in [0, 0.1) is 0 Å². The average molecular weight is 298 g/mol. The highest BCUT2D eigenvalue weighted by atomic mass is 32.2. The molecular formula is C17H14OS2. The smallest absolute Gasteiger partial charge is 0.193 e. The second kappa shape index (κ2) is 7.17. The Hall–Kier alpha value is -1.71. The second-order valence-electron chi connectivity index (χ2n) is 3.95. The summed E-state index contributed by atoms with van der Waals surface area (Å²) in [5.74, 6) is 0.0373. The van der Waals surface area contributed by atoms with Crippen LogP contribution in [-0.2, 0) is 0 Å². The molecule has 2 rings (SSSR count). The Bertz CT molecular complexity index is 557. The molecule has 0 radical (unpaired) electrons.